The number of carbonyl (C=O) groups excluding carboxylic acids is 1. The van der Waals surface area contributed by atoms with Crippen molar-refractivity contribution in [1.29, 1.82) is 0 Å². The molecule has 0 heterocycles. The van der Waals surface area contributed by atoms with Crippen molar-refractivity contribution in [2.45, 2.75) is 119 Å². The van der Waals surface area contributed by atoms with E-state index in [-0.39, 0.29) is 0 Å². The zero-order chi connectivity index (χ0) is 22.4. The Kier molecular flexibility index (Phi) is 6.83. The lowest BCUT2D eigenvalue weighted by atomic mass is 9.47. The van der Waals surface area contributed by atoms with Gasteiger partial charge in [-0.3, -0.25) is 4.79 Å². The molecule has 0 aromatic heterocycles. The lowest BCUT2D eigenvalue weighted by Gasteiger charge is -2.58. The summed E-state index contributed by atoms with van der Waals surface area (Å²) in [6.45, 7) is 15.0. The molecule has 0 N–H and O–H groups in total. The molecule has 0 aromatic rings. The molecule has 8 atom stereocenters. The van der Waals surface area contributed by atoms with E-state index in [2.05, 4.69) is 47.6 Å². The molecule has 31 heavy (non-hydrogen) atoms. The number of ketones is 1. The standard InChI is InChI=1S/C30H50O/c1-7-8-22(20(2)3)10-9-21(4)26-13-14-27-25-12-11-23-19-24(31)15-17-29(23,5)28(25)16-18-30(26,27)6/h11,20-22,25-28H,7-10,12-19H2,1-6H3/t21-,22?,25+,26-,27+,28+,29+,30-/m1/s1. The number of carbonyl (C=O) groups is 1. The molecule has 4 aliphatic rings. The minimum Gasteiger partial charge on any atom is -0.299 e. The minimum atomic E-state index is 0.326. The molecule has 3 saturated carbocycles. The highest BCUT2D eigenvalue weighted by atomic mass is 16.1. The van der Waals surface area contributed by atoms with Crippen molar-refractivity contribution in [2.24, 2.45) is 52.3 Å². The molecule has 4 rings (SSSR count). The summed E-state index contributed by atoms with van der Waals surface area (Å²) in [4.78, 5) is 12.1. The van der Waals surface area contributed by atoms with Gasteiger partial charge in [0.1, 0.15) is 5.78 Å². The van der Waals surface area contributed by atoms with Gasteiger partial charge in [-0.25, -0.2) is 0 Å². The van der Waals surface area contributed by atoms with Crippen LogP contribution >= 0.6 is 0 Å². The van der Waals surface area contributed by atoms with Gasteiger partial charge in [0, 0.05) is 12.8 Å². The van der Waals surface area contributed by atoms with Crippen LogP contribution in [0.2, 0.25) is 0 Å². The molecule has 1 unspecified atom stereocenters. The summed E-state index contributed by atoms with van der Waals surface area (Å²) in [7, 11) is 0. The Morgan fingerprint density at radius 2 is 1.77 bits per heavy atom. The van der Waals surface area contributed by atoms with Crippen LogP contribution in [0.25, 0.3) is 0 Å². The Labute approximate surface area is 193 Å². The number of hydrogen-bond donors (Lipinski definition) is 0. The van der Waals surface area contributed by atoms with Crippen LogP contribution in [0.1, 0.15) is 119 Å². The Morgan fingerprint density at radius 3 is 2.48 bits per heavy atom. The maximum atomic E-state index is 12.1. The zero-order valence-corrected chi connectivity index (χ0v) is 21.5. The minimum absolute atomic E-state index is 0.326. The molecule has 4 aliphatic carbocycles. The number of hydrogen-bond acceptors (Lipinski definition) is 1. The third kappa shape index (κ3) is 4.10. The number of Topliss-reactive ketones (excluding diaryl/α,β-unsaturated/α-hetero) is 1. The molecule has 0 bridgehead atoms. The highest BCUT2D eigenvalue weighted by Crippen LogP contribution is 2.67. The van der Waals surface area contributed by atoms with E-state index in [1.165, 1.54) is 63.4 Å². The number of allylic oxidation sites excluding steroid dienone is 2. The van der Waals surface area contributed by atoms with Crippen LogP contribution in [0.15, 0.2) is 11.6 Å². The first-order chi connectivity index (χ1) is 14.7. The van der Waals surface area contributed by atoms with E-state index in [1.54, 1.807) is 0 Å². The molecule has 176 valence electrons. The predicted molar refractivity (Wildman–Crippen MR) is 132 cm³/mol. The highest BCUT2D eigenvalue weighted by Gasteiger charge is 2.59. The van der Waals surface area contributed by atoms with Crippen molar-refractivity contribution in [2.75, 3.05) is 0 Å². The fraction of sp³-hybridized carbons (Fsp3) is 0.900. The lowest BCUT2D eigenvalue weighted by Crippen LogP contribution is -2.50. The van der Waals surface area contributed by atoms with Crippen molar-refractivity contribution in [3.63, 3.8) is 0 Å². The Bertz CT molecular complexity index is 689. The van der Waals surface area contributed by atoms with Crippen LogP contribution in [0.3, 0.4) is 0 Å². The summed E-state index contributed by atoms with van der Waals surface area (Å²) in [6.07, 6.45) is 17.9. The molecule has 0 aromatic carbocycles. The molecule has 1 nitrogen and oxygen atoms in total. The maximum absolute atomic E-state index is 12.1. The van der Waals surface area contributed by atoms with Gasteiger partial charge in [-0.05, 0) is 97.2 Å². The summed E-state index contributed by atoms with van der Waals surface area (Å²) in [5.74, 6) is 6.68. The molecule has 0 radical (unpaired) electrons. The second-order valence-electron chi connectivity index (χ2n) is 13.1. The van der Waals surface area contributed by atoms with E-state index >= 15 is 0 Å². The maximum Gasteiger partial charge on any atom is 0.136 e. The fourth-order valence-corrected chi connectivity index (χ4v) is 9.31. The van der Waals surface area contributed by atoms with Gasteiger partial charge in [-0.1, -0.05) is 72.5 Å². The lowest BCUT2D eigenvalue weighted by molar-refractivity contribution is -0.122. The van der Waals surface area contributed by atoms with E-state index in [1.807, 2.05) is 0 Å². The predicted octanol–water partition coefficient (Wildman–Crippen LogP) is 8.62. The van der Waals surface area contributed by atoms with Gasteiger partial charge in [0.05, 0.1) is 0 Å². The summed E-state index contributed by atoms with van der Waals surface area (Å²) >= 11 is 0. The first-order valence-corrected chi connectivity index (χ1v) is 13.9. The third-order valence-corrected chi connectivity index (χ3v) is 11.3. The Hall–Kier alpha value is -0.590. The van der Waals surface area contributed by atoms with Crippen LogP contribution in [0, 0.1) is 52.3 Å². The van der Waals surface area contributed by atoms with Gasteiger partial charge in [0.2, 0.25) is 0 Å². The second-order valence-corrected chi connectivity index (χ2v) is 13.1. The Morgan fingerprint density at radius 1 is 1.00 bits per heavy atom. The first kappa shape index (κ1) is 23.6. The van der Waals surface area contributed by atoms with E-state index < -0.39 is 0 Å². The van der Waals surface area contributed by atoms with Gasteiger partial charge < -0.3 is 0 Å². The smallest absolute Gasteiger partial charge is 0.136 e. The molecule has 3 fully saturated rings. The summed E-state index contributed by atoms with van der Waals surface area (Å²) in [5.41, 5.74) is 2.41. The largest absolute Gasteiger partial charge is 0.299 e. The van der Waals surface area contributed by atoms with Crippen LogP contribution < -0.4 is 0 Å². The third-order valence-electron chi connectivity index (χ3n) is 11.3. The van der Waals surface area contributed by atoms with E-state index in [0.29, 0.717) is 16.6 Å². The SMILES string of the molecule is CCCC(CC[C@@H](C)[C@H]1CC[C@H]2[C@@H]3CC=C4CC(=O)CC[C@]4(C)[C@H]3CC[C@]12C)C(C)C. The van der Waals surface area contributed by atoms with E-state index in [9.17, 15) is 4.79 Å². The molecular weight excluding hydrogens is 376 g/mol. The molecular formula is C30H50O. The van der Waals surface area contributed by atoms with Crippen molar-refractivity contribution in [3.05, 3.63) is 11.6 Å². The van der Waals surface area contributed by atoms with Crippen LogP contribution in [-0.2, 0) is 4.79 Å². The quantitative estimate of drug-likeness (QED) is 0.372. The highest BCUT2D eigenvalue weighted by molar-refractivity contribution is 5.82. The molecule has 1 heteroatoms. The normalized spacial score (nSPS) is 41.9. The zero-order valence-electron chi connectivity index (χ0n) is 21.5. The molecule has 0 spiro atoms. The van der Waals surface area contributed by atoms with Crippen LogP contribution in [-0.4, -0.2) is 5.78 Å². The average Bonchev–Trinajstić information content (AvgIpc) is 3.08. The topological polar surface area (TPSA) is 17.1 Å². The van der Waals surface area contributed by atoms with E-state index in [4.69, 9.17) is 0 Å². The molecule has 0 aliphatic heterocycles. The molecule has 0 saturated heterocycles. The summed E-state index contributed by atoms with van der Waals surface area (Å²) < 4.78 is 0. The van der Waals surface area contributed by atoms with Gasteiger partial charge in [-0.15, -0.1) is 0 Å². The van der Waals surface area contributed by atoms with Gasteiger partial charge >= 0.3 is 0 Å². The summed E-state index contributed by atoms with van der Waals surface area (Å²) in [6, 6.07) is 0. The van der Waals surface area contributed by atoms with Gasteiger partial charge in [0.25, 0.3) is 0 Å². The van der Waals surface area contributed by atoms with Gasteiger partial charge in [-0.2, -0.15) is 0 Å². The first-order valence-electron chi connectivity index (χ1n) is 13.9. The van der Waals surface area contributed by atoms with Gasteiger partial charge in [0.15, 0.2) is 0 Å². The van der Waals surface area contributed by atoms with Crippen LogP contribution in [0.4, 0.5) is 0 Å². The van der Waals surface area contributed by atoms with Crippen molar-refractivity contribution in [3.8, 4) is 0 Å². The monoisotopic (exact) mass is 426 g/mol. The molecule has 0 amide bonds. The number of rotatable bonds is 7. The average molecular weight is 427 g/mol. The number of fused-ring (bicyclic) bond motifs is 5. The second kappa shape index (κ2) is 8.98. The summed E-state index contributed by atoms with van der Waals surface area (Å²) in [5, 5.41) is 0. The van der Waals surface area contributed by atoms with Crippen molar-refractivity contribution < 1.29 is 4.79 Å². The fourth-order valence-electron chi connectivity index (χ4n) is 9.31. The van der Waals surface area contributed by atoms with E-state index in [0.717, 1.165) is 60.7 Å². The van der Waals surface area contributed by atoms with Crippen LogP contribution in [0.5, 0.6) is 0 Å². The van der Waals surface area contributed by atoms with Crippen molar-refractivity contribution >= 4 is 5.78 Å². The Balaban J connectivity index is 1.46. The van der Waals surface area contributed by atoms with Crippen molar-refractivity contribution in [1.82, 2.24) is 0 Å².